The highest BCUT2D eigenvalue weighted by Gasteiger charge is 1.82. The van der Waals surface area contributed by atoms with Crippen LogP contribution >= 0.6 is 22.9 Å². The lowest BCUT2D eigenvalue weighted by molar-refractivity contribution is 1.29. The first-order chi connectivity index (χ1) is 4.93. The maximum absolute atomic E-state index is 5.44. The van der Waals surface area contributed by atoms with Crippen molar-refractivity contribution < 1.29 is 0 Å². The van der Waals surface area contributed by atoms with Gasteiger partial charge in [0.15, 0.2) is 0 Å². The molecule has 1 rings (SSSR count). The summed E-state index contributed by atoms with van der Waals surface area (Å²) in [6.07, 6.45) is 0.777. The quantitative estimate of drug-likeness (QED) is 0.449. The molecule has 0 aromatic carbocycles. The highest BCUT2D eigenvalue weighted by molar-refractivity contribution is 7.10. The Bertz CT molecular complexity index is 228. The lowest BCUT2D eigenvalue weighted by Gasteiger charge is -1.76. The molecule has 0 saturated heterocycles. The van der Waals surface area contributed by atoms with E-state index in [4.69, 9.17) is 11.6 Å². The van der Waals surface area contributed by atoms with Crippen molar-refractivity contribution in [2.24, 2.45) is 0 Å². The molecule has 0 radical (unpaired) electrons. The normalized spacial score (nSPS) is 8.50. The highest BCUT2D eigenvalue weighted by Crippen LogP contribution is 2.05. The van der Waals surface area contributed by atoms with Crippen LogP contribution in [0.3, 0.4) is 0 Å². The Morgan fingerprint density at radius 3 is 3.10 bits per heavy atom. The van der Waals surface area contributed by atoms with Crippen LogP contribution in [-0.2, 0) is 0 Å². The molecule has 0 fully saturated rings. The van der Waals surface area contributed by atoms with E-state index in [1.165, 1.54) is 0 Å². The third kappa shape index (κ3) is 2.43. The van der Waals surface area contributed by atoms with E-state index >= 15 is 0 Å². The Kier molecular flexibility index (Phi) is 3.35. The first-order valence-electron chi connectivity index (χ1n) is 3.02. The monoisotopic (exact) mass is 170 g/mol. The van der Waals surface area contributed by atoms with Crippen LogP contribution in [0.2, 0.25) is 0 Å². The smallest absolute Gasteiger partial charge is 0.0768 e. The molecule has 0 nitrogen and oxygen atoms in total. The molecular weight excluding hydrogens is 164 g/mol. The van der Waals surface area contributed by atoms with Crippen molar-refractivity contribution in [3.8, 4) is 11.8 Å². The van der Waals surface area contributed by atoms with Gasteiger partial charge in [0.25, 0.3) is 0 Å². The predicted molar refractivity (Wildman–Crippen MR) is 46.5 cm³/mol. The van der Waals surface area contributed by atoms with Gasteiger partial charge in [-0.1, -0.05) is 17.9 Å². The largest absolute Gasteiger partial charge is 0.135 e. The molecule has 52 valence electrons. The molecule has 0 atom stereocenters. The molecule has 1 aromatic rings. The molecule has 0 aliphatic heterocycles. The molecule has 0 aliphatic carbocycles. The molecule has 0 spiro atoms. The zero-order valence-corrected chi connectivity index (χ0v) is 7.00. The van der Waals surface area contributed by atoms with Crippen molar-refractivity contribution in [3.63, 3.8) is 0 Å². The molecule has 1 heterocycles. The second-order valence-corrected chi connectivity index (χ2v) is 3.04. The minimum Gasteiger partial charge on any atom is -0.135 e. The summed E-state index contributed by atoms with van der Waals surface area (Å²) < 4.78 is 0. The lowest BCUT2D eigenvalue weighted by Crippen LogP contribution is -1.66. The first-order valence-corrected chi connectivity index (χ1v) is 4.43. The van der Waals surface area contributed by atoms with E-state index in [1.54, 1.807) is 11.3 Å². The summed E-state index contributed by atoms with van der Waals surface area (Å²) in [5.74, 6) is 6.60. The molecule has 0 unspecified atom stereocenters. The lowest BCUT2D eigenvalue weighted by atomic mass is 10.4. The van der Waals surface area contributed by atoms with Crippen LogP contribution in [0.5, 0.6) is 0 Å². The van der Waals surface area contributed by atoms with Gasteiger partial charge in [-0.3, -0.25) is 0 Å². The zero-order valence-electron chi connectivity index (χ0n) is 5.43. The van der Waals surface area contributed by atoms with Gasteiger partial charge in [-0.05, 0) is 11.4 Å². The number of halogens is 1. The highest BCUT2D eigenvalue weighted by atomic mass is 35.5. The van der Waals surface area contributed by atoms with E-state index < -0.39 is 0 Å². The molecular formula is C8H7ClS. The van der Waals surface area contributed by atoms with E-state index in [-0.39, 0.29) is 0 Å². The van der Waals surface area contributed by atoms with Gasteiger partial charge in [0.1, 0.15) is 0 Å². The van der Waals surface area contributed by atoms with Gasteiger partial charge in [-0.2, -0.15) is 0 Å². The van der Waals surface area contributed by atoms with Crippen molar-refractivity contribution in [2.75, 3.05) is 5.88 Å². The first kappa shape index (κ1) is 7.65. The van der Waals surface area contributed by atoms with Crippen LogP contribution in [0.15, 0.2) is 17.5 Å². The Labute approximate surface area is 69.8 Å². The fourth-order valence-electron chi connectivity index (χ4n) is 0.547. The number of thiophene rings is 1. The summed E-state index contributed by atoms with van der Waals surface area (Å²) in [6, 6.07) is 4.00. The fraction of sp³-hybridized carbons (Fsp3) is 0.250. The maximum Gasteiger partial charge on any atom is 0.0768 e. The van der Waals surface area contributed by atoms with Crippen LogP contribution < -0.4 is 0 Å². The molecule has 10 heavy (non-hydrogen) atoms. The SMILES string of the molecule is ClCCC#Cc1cccs1. The van der Waals surface area contributed by atoms with E-state index in [0.717, 1.165) is 11.3 Å². The number of alkyl halides is 1. The molecule has 2 heteroatoms. The minimum absolute atomic E-state index is 0.623. The standard InChI is InChI=1S/C8H7ClS/c9-6-2-1-4-8-5-3-7-10-8/h3,5,7H,2,6H2. The fourth-order valence-corrected chi connectivity index (χ4v) is 1.23. The van der Waals surface area contributed by atoms with Crippen LogP contribution in [-0.4, -0.2) is 5.88 Å². The van der Waals surface area contributed by atoms with Gasteiger partial charge in [0.05, 0.1) is 4.88 Å². The van der Waals surface area contributed by atoms with E-state index in [2.05, 4.69) is 11.8 Å². The van der Waals surface area contributed by atoms with Crippen molar-refractivity contribution in [1.29, 1.82) is 0 Å². The van der Waals surface area contributed by atoms with Crippen molar-refractivity contribution in [3.05, 3.63) is 22.4 Å². The second kappa shape index (κ2) is 4.38. The van der Waals surface area contributed by atoms with E-state index in [0.29, 0.717) is 5.88 Å². The minimum atomic E-state index is 0.623. The summed E-state index contributed by atoms with van der Waals surface area (Å²) in [7, 11) is 0. The molecule has 0 N–H and O–H groups in total. The Morgan fingerprint density at radius 2 is 2.50 bits per heavy atom. The Balaban J connectivity index is 2.49. The van der Waals surface area contributed by atoms with Gasteiger partial charge < -0.3 is 0 Å². The van der Waals surface area contributed by atoms with Crippen molar-refractivity contribution >= 4 is 22.9 Å². The molecule has 1 aromatic heterocycles. The third-order valence-electron chi connectivity index (χ3n) is 0.952. The second-order valence-electron chi connectivity index (χ2n) is 1.72. The average Bonchev–Trinajstić information content (AvgIpc) is 2.41. The summed E-state index contributed by atoms with van der Waals surface area (Å²) in [4.78, 5) is 1.12. The van der Waals surface area contributed by atoms with Crippen LogP contribution in [0.1, 0.15) is 11.3 Å². The molecule has 0 aliphatic rings. The van der Waals surface area contributed by atoms with E-state index in [9.17, 15) is 0 Å². The number of rotatable bonds is 1. The van der Waals surface area contributed by atoms with Gasteiger partial charge in [0.2, 0.25) is 0 Å². The summed E-state index contributed by atoms with van der Waals surface area (Å²) in [5, 5.41) is 2.02. The van der Waals surface area contributed by atoms with Gasteiger partial charge in [0, 0.05) is 12.3 Å². The Morgan fingerprint density at radius 1 is 1.60 bits per heavy atom. The van der Waals surface area contributed by atoms with Gasteiger partial charge >= 0.3 is 0 Å². The molecule has 0 bridgehead atoms. The molecule has 0 amide bonds. The van der Waals surface area contributed by atoms with Crippen molar-refractivity contribution in [2.45, 2.75) is 6.42 Å². The maximum atomic E-state index is 5.44. The van der Waals surface area contributed by atoms with Gasteiger partial charge in [-0.15, -0.1) is 22.9 Å². The van der Waals surface area contributed by atoms with Crippen LogP contribution in [0.4, 0.5) is 0 Å². The summed E-state index contributed by atoms with van der Waals surface area (Å²) in [5.41, 5.74) is 0. The van der Waals surface area contributed by atoms with Crippen molar-refractivity contribution in [1.82, 2.24) is 0 Å². The number of hydrogen-bond donors (Lipinski definition) is 0. The average molecular weight is 171 g/mol. The van der Waals surface area contributed by atoms with Crippen LogP contribution in [0, 0.1) is 11.8 Å². The summed E-state index contributed by atoms with van der Waals surface area (Å²) >= 11 is 7.10. The Hall–Kier alpha value is -0.450. The number of hydrogen-bond acceptors (Lipinski definition) is 1. The molecule has 0 saturated carbocycles. The topological polar surface area (TPSA) is 0 Å². The predicted octanol–water partition coefficient (Wildman–Crippen LogP) is 2.73. The van der Waals surface area contributed by atoms with E-state index in [1.807, 2.05) is 17.5 Å². The third-order valence-corrected chi connectivity index (χ3v) is 1.93. The van der Waals surface area contributed by atoms with Gasteiger partial charge in [-0.25, -0.2) is 0 Å². The van der Waals surface area contributed by atoms with Crippen LogP contribution in [0.25, 0.3) is 0 Å². The summed E-state index contributed by atoms with van der Waals surface area (Å²) in [6.45, 7) is 0. The zero-order chi connectivity index (χ0) is 7.23.